The van der Waals surface area contributed by atoms with Gasteiger partial charge in [-0.25, -0.2) is 0 Å². The maximum Gasteiger partial charge on any atom is 0.258 e. The molecule has 0 radical (unpaired) electrons. The number of ether oxygens (including phenoxy) is 5. The SMILES string of the molecule is COc1ccc(CCCc2cccc(OCC(=O)NCCOCCOCCNC(=O)C[C@@H]3N=C(c4ccc(Cl)cc4)c4c(sc(C)c4C)-n4c(C)nnc43)c2)cc1OC. The van der Waals surface area contributed by atoms with Crippen molar-refractivity contribution in [3.63, 3.8) is 0 Å². The van der Waals surface area contributed by atoms with Crippen LogP contribution in [0.2, 0.25) is 5.02 Å². The highest BCUT2D eigenvalue weighted by atomic mass is 35.5. The smallest absolute Gasteiger partial charge is 0.258 e. The van der Waals surface area contributed by atoms with Crippen LogP contribution in [0.1, 0.15) is 63.2 Å². The van der Waals surface area contributed by atoms with Crippen molar-refractivity contribution >= 4 is 40.5 Å². The number of fused-ring (bicyclic) bond motifs is 3. The summed E-state index contributed by atoms with van der Waals surface area (Å²) >= 11 is 7.89. The molecule has 0 unspecified atom stereocenters. The number of thiophene rings is 1. The van der Waals surface area contributed by atoms with Crippen molar-refractivity contribution in [3.05, 3.63) is 116 Å². The van der Waals surface area contributed by atoms with Crippen LogP contribution in [0.4, 0.5) is 0 Å². The first-order valence-electron chi connectivity index (χ1n) is 19.6. The summed E-state index contributed by atoms with van der Waals surface area (Å²) in [6.07, 6.45) is 2.82. The van der Waals surface area contributed by atoms with Crippen LogP contribution in [0.5, 0.6) is 17.2 Å². The van der Waals surface area contributed by atoms with Crippen molar-refractivity contribution in [2.24, 2.45) is 4.99 Å². The van der Waals surface area contributed by atoms with E-state index in [1.54, 1.807) is 25.6 Å². The van der Waals surface area contributed by atoms with Crippen molar-refractivity contribution in [2.75, 3.05) is 60.3 Å². The van der Waals surface area contributed by atoms with Gasteiger partial charge in [-0.2, -0.15) is 0 Å². The minimum absolute atomic E-state index is 0.0882. The van der Waals surface area contributed by atoms with Gasteiger partial charge in [-0.05, 0) is 93.1 Å². The summed E-state index contributed by atoms with van der Waals surface area (Å²) < 4.78 is 29.8. The zero-order chi connectivity index (χ0) is 41.7. The molecule has 1 aliphatic heterocycles. The first kappa shape index (κ1) is 43.3. The molecule has 0 saturated carbocycles. The molecular formula is C44H51ClN6O7S. The molecule has 312 valence electrons. The molecule has 0 fully saturated rings. The lowest BCUT2D eigenvalue weighted by molar-refractivity contribution is -0.123. The number of aryl methyl sites for hydroxylation is 4. The van der Waals surface area contributed by atoms with Crippen LogP contribution in [0.25, 0.3) is 5.00 Å². The van der Waals surface area contributed by atoms with Gasteiger partial charge in [0.1, 0.15) is 22.6 Å². The third kappa shape index (κ3) is 11.5. The van der Waals surface area contributed by atoms with E-state index in [4.69, 9.17) is 40.3 Å². The number of nitrogens with zero attached hydrogens (tertiary/aromatic N) is 4. The molecule has 13 nitrogen and oxygen atoms in total. The van der Waals surface area contributed by atoms with Crippen molar-refractivity contribution in [2.45, 2.75) is 52.5 Å². The van der Waals surface area contributed by atoms with Crippen LogP contribution in [0.3, 0.4) is 0 Å². The van der Waals surface area contributed by atoms with Gasteiger partial charge in [0.25, 0.3) is 5.91 Å². The fourth-order valence-electron chi connectivity index (χ4n) is 6.75. The number of aromatic nitrogens is 3. The molecule has 3 heterocycles. The number of hydrogen-bond donors (Lipinski definition) is 2. The monoisotopic (exact) mass is 842 g/mol. The van der Waals surface area contributed by atoms with E-state index < -0.39 is 6.04 Å². The van der Waals surface area contributed by atoms with E-state index in [0.717, 1.165) is 63.8 Å². The average Bonchev–Trinajstić information content (AvgIpc) is 3.72. The quantitative estimate of drug-likeness (QED) is 0.0769. The Morgan fingerprint density at radius 1 is 0.814 bits per heavy atom. The third-order valence-electron chi connectivity index (χ3n) is 9.89. The van der Waals surface area contributed by atoms with Gasteiger partial charge in [-0.3, -0.25) is 19.1 Å². The predicted octanol–water partition coefficient (Wildman–Crippen LogP) is 6.73. The average molecular weight is 843 g/mol. The normalized spacial score (nSPS) is 13.2. The van der Waals surface area contributed by atoms with Gasteiger partial charge >= 0.3 is 0 Å². The van der Waals surface area contributed by atoms with Gasteiger partial charge in [0.15, 0.2) is 23.9 Å². The highest BCUT2D eigenvalue weighted by Crippen LogP contribution is 2.39. The summed E-state index contributed by atoms with van der Waals surface area (Å²) in [4.78, 5) is 31.9. The standard InChI is InChI=1S/C44H51ClN6O7S/c1-28-29(2)59-44-41(28)42(33-13-15-34(45)16-14-33)48-36(43-50-49-30(3)51(43)44)26-39(52)46-18-20-56-22-23-57-21-19-47-40(53)27-58-35-11-7-10-31(24-35)8-6-9-32-12-17-37(54-4)38(25-32)55-5/h7,10-17,24-25,36H,6,8-9,18-23,26-27H2,1-5H3,(H,46,52)(H,47,53)/t36-/m0/s1. The van der Waals surface area contributed by atoms with Crippen molar-refractivity contribution in [1.82, 2.24) is 25.4 Å². The first-order valence-corrected chi connectivity index (χ1v) is 20.8. The summed E-state index contributed by atoms with van der Waals surface area (Å²) in [7, 11) is 3.27. The van der Waals surface area contributed by atoms with E-state index in [9.17, 15) is 9.59 Å². The summed E-state index contributed by atoms with van der Waals surface area (Å²) in [5.74, 6) is 3.05. The molecule has 0 saturated heterocycles. The Kier molecular flexibility index (Phi) is 15.5. The maximum atomic E-state index is 13.2. The van der Waals surface area contributed by atoms with Gasteiger partial charge in [0, 0.05) is 34.1 Å². The van der Waals surface area contributed by atoms with Crippen LogP contribution in [0.15, 0.2) is 71.7 Å². The first-order chi connectivity index (χ1) is 28.6. The fourth-order valence-corrected chi connectivity index (χ4v) is 8.09. The molecule has 0 spiro atoms. The number of carbonyl (C=O) groups excluding carboxylic acids is 2. The third-order valence-corrected chi connectivity index (χ3v) is 11.3. The Labute approximate surface area is 354 Å². The van der Waals surface area contributed by atoms with Crippen molar-refractivity contribution in [1.29, 1.82) is 0 Å². The molecule has 2 N–H and O–H groups in total. The van der Waals surface area contributed by atoms with E-state index in [1.807, 2.05) is 66.1 Å². The van der Waals surface area contributed by atoms with Gasteiger partial charge in [0.05, 0.1) is 52.8 Å². The second-order valence-corrected chi connectivity index (χ2v) is 15.7. The fraction of sp³-hybridized carbons (Fsp3) is 0.386. The molecule has 1 atom stereocenters. The minimum Gasteiger partial charge on any atom is -0.493 e. The van der Waals surface area contributed by atoms with Gasteiger partial charge < -0.3 is 34.3 Å². The van der Waals surface area contributed by atoms with E-state index in [2.05, 4.69) is 46.8 Å². The van der Waals surface area contributed by atoms with E-state index in [0.29, 0.717) is 61.9 Å². The molecule has 2 amide bonds. The highest BCUT2D eigenvalue weighted by molar-refractivity contribution is 7.15. The summed E-state index contributed by atoms with van der Waals surface area (Å²) in [6.45, 7) is 8.03. The number of methoxy groups -OCH3 is 2. The molecule has 15 heteroatoms. The molecule has 1 aliphatic rings. The number of benzene rings is 3. The molecule has 5 aromatic rings. The Hall–Kier alpha value is -5.28. The highest BCUT2D eigenvalue weighted by Gasteiger charge is 2.32. The van der Waals surface area contributed by atoms with Gasteiger partial charge in [-0.1, -0.05) is 41.9 Å². The minimum atomic E-state index is -0.549. The van der Waals surface area contributed by atoms with Crippen LogP contribution in [0, 0.1) is 20.8 Å². The van der Waals surface area contributed by atoms with Gasteiger partial charge in [-0.15, -0.1) is 21.5 Å². The number of halogens is 1. The van der Waals surface area contributed by atoms with Crippen LogP contribution < -0.4 is 24.8 Å². The molecule has 2 aromatic heterocycles. The zero-order valence-corrected chi connectivity index (χ0v) is 35.7. The molecule has 59 heavy (non-hydrogen) atoms. The number of amides is 2. The predicted molar refractivity (Wildman–Crippen MR) is 229 cm³/mol. The summed E-state index contributed by atoms with van der Waals surface area (Å²) in [5.41, 5.74) is 6.18. The van der Waals surface area contributed by atoms with Crippen LogP contribution in [-0.2, 0) is 31.9 Å². The Balaban J connectivity index is 0.854. The van der Waals surface area contributed by atoms with E-state index in [1.165, 1.54) is 10.4 Å². The lowest BCUT2D eigenvalue weighted by atomic mass is 9.99. The van der Waals surface area contributed by atoms with E-state index in [-0.39, 0.29) is 24.8 Å². The van der Waals surface area contributed by atoms with Gasteiger partial charge in [0.2, 0.25) is 5.91 Å². The summed E-state index contributed by atoms with van der Waals surface area (Å²) in [6, 6.07) is 20.8. The number of nitrogens with one attached hydrogen (secondary N) is 2. The zero-order valence-electron chi connectivity index (χ0n) is 34.1. The Bertz CT molecular complexity index is 2240. The molecular weight excluding hydrogens is 792 g/mol. The topological polar surface area (TPSA) is 147 Å². The van der Waals surface area contributed by atoms with E-state index >= 15 is 0 Å². The number of aliphatic imine (C=N–C) groups is 1. The number of hydrogen-bond acceptors (Lipinski definition) is 11. The van der Waals surface area contributed by atoms with Crippen LogP contribution in [-0.4, -0.2) is 92.6 Å². The summed E-state index contributed by atoms with van der Waals surface area (Å²) in [5, 5.41) is 16.2. The second-order valence-electron chi connectivity index (χ2n) is 14.0. The Morgan fingerprint density at radius 2 is 1.51 bits per heavy atom. The molecule has 0 bridgehead atoms. The largest absolute Gasteiger partial charge is 0.493 e. The maximum absolute atomic E-state index is 13.2. The molecule has 6 rings (SSSR count). The van der Waals surface area contributed by atoms with Crippen LogP contribution >= 0.6 is 22.9 Å². The second kappa shape index (κ2) is 21.1. The lowest BCUT2D eigenvalue weighted by Crippen LogP contribution is -2.32. The number of carbonyl (C=O) groups is 2. The number of rotatable bonds is 21. The molecule has 3 aromatic carbocycles. The lowest BCUT2D eigenvalue weighted by Gasteiger charge is -2.13. The van der Waals surface area contributed by atoms with Crippen molar-refractivity contribution in [3.8, 4) is 22.2 Å². The molecule has 0 aliphatic carbocycles. The Morgan fingerprint density at radius 3 is 2.22 bits per heavy atom. The van der Waals surface area contributed by atoms with Crippen molar-refractivity contribution < 1.29 is 33.3 Å².